The molecule has 5 rings (SSSR count). The van der Waals surface area contributed by atoms with Gasteiger partial charge in [-0.2, -0.15) is 5.10 Å². The molecular formula is C29H29F2N7O2. The highest BCUT2D eigenvalue weighted by molar-refractivity contribution is 6.04. The average Bonchev–Trinajstić information content (AvgIpc) is 3.43. The number of aromatic amines is 1. The summed E-state index contributed by atoms with van der Waals surface area (Å²) < 4.78 is 27.0. The van der Waals surface area contributed by atoms with Crippen molar-refractivity contribution in [3.8, 4) is 11.3 Å². The van der Waals surface area contributed by atoms with Crippen LogP contribution in [0.25, 0.3) is 11.3 Å². The molecule has 1 fully saturated rings. The van der Waals surface area contributed by atoms with E-state index >= 15 is 0 Å². The van der Waals surface area contributed by atoms with E-state index in [0.717, 1.165) is 61.2 Å². The van der Waals surface area contributed by atoms with Crippen molar-refractivity contribution in [1.29, 1.82) is 0 Å². The minimum atomic E-state index is -0.727. The van der Waals surface area contributed by atoms with Gasteiger partial charge in [-0.3, -0.25) is 9.89 Å². The fraction of sp³-hybridized carbons (Fsp3) is 0.207. The minimum Gasteiger partial charge on any atom is -0.369 e. The molecule has 0 spiro atoms. The summed E-state index contributed by atoms with van der Waals surface area (Å²) in [6, 6.07) is 18.8. The third kappa shape index (κ3) is 6.62. The molecule has 1 saturated heterocycles. The van der Waals surface area contributed by atoms with Crippen LogP contribution in [0.15, 0.2) is 72.8 Å². The van der Waals surface area contributed by atoms with Gasteiger partial charge in [0.25, 0.3) is 5.91 Å². The quantitative estimate of drug-likeness (QED) is 0.270. The maximum absolute atomic E-state index is 13.7. The second-order valence-electron chi connectivity index (χ2n) is 9.59. The number of H-pyrrole nitrogens is 1. The molecule has 9 nitrogen and oxygen atoms in total. The predicted octanol–water partition coefficient (Wildman–Crippen LogP) is 4.68. The summed E-state index contributed by atoms with van der Waals surface area (Å²) in [5.41, 5.74) is 3.66. The van der Waals surface area contributed by atoms with Crippen molar-refractivity contribution in [1.82, 2.24) is 20.4 Å². The van der Waals surface area contributed by atoms with Gasteiger partial charge in [-0.25, -0.2) is 13.6 Å². The Kier molecular flexibility index (Phi) is 8.02. The van der Waals surface area contributed by atoms with Crippen molar-refractivity contribution >= 4 is 29.1 Å². The van der Waals surface area contributed by atoms with Gasteiger partial charge in [0, 0.05) is 61.7 Å². The van der Waals surface area contributed by atoms with E-state index in [-0.39, 0.29) is 18.1 Å². The topological polar surface area (TPSA) is 105 Å². The lowest BCUT2D eigenvalue weighted by atomic mass is 10.1. The van der Waals surface area contributed by atoms with Gasteiger partial charge in [-0.15, -0.1) is 0 Å². The summed E-state index contributed by atoms with van der Waals surface area (Å²) in [4.78, 5) is 29.4. The number of hydrogen-bond donors (Lipinski definition) is 4. The number of benzene rings is 3. The highest BCUT2D eigenvalue weighted by atomic mass is 19.1. The van der Waals surface area contributed by atoms with E-state index in [1.54, 1.807) is 6.07 Å². The average molecular weight is 546 g/mol. The number of rotatable bonds is 7. The Morgan fingerprint density at radius 1 is 0.900 bits per heavy atom. The smallest absolute Gasteiger partial charge is 0.319 e. The maximum Gasteiger partial charge on any atom is 0.319 e. The van der Waals surface area contributed by atoms with E-state index in [1.807, 2.05) is 48.5 Å². The Morgan fingerprint density at radius 3 is 2.35 bits per heavy atom. The van der Waals surface area contributed by atoms with Crippen LogP contribution in [-0.2, 0) is 6.54 Å². The van der Waals surface area contributed by atoms with Gasteiger partial charge in [0.05, 0.1) is 11.4 Å². The standard InChI is InChI=1S/C29H29F2N7O2/c1-37-12-14-38(15-13-37)23-9-6-21(7-10-23)28(39)34-27-17-25(35-36-27)20-4-2-19(3-5-20)18-32-29(40)33-26-16-22(30)8-11-24(26)31/h2-11,16-17H,12-15,18H2,1H3,(H2,32,33,40)(H2,34,35,36,39). The number of carbonyl (C=O) groups excluding carboxylic acids is 2. The molecule has 0 unspecified atom stereocenters. The van der Waals surface area contributed by atoms with Gasteiger partial charge in [0.15, 0.2) is 0 Å². The Labute approximate surface area is 230 Å². The first-order chi connectivity index (χ1) is 19.3. The zero-order chi connectivity index (χ0) is 28.1. The Balaban J connectivity index is 1.13. The molecule has 0 bridgehead atoms. The van der Waals surface area contributed by atoms with Gasteiger partial charge in [0.2, 0.25) is 0 Å². The molecule has 1 aliphatic heterocycles. The zero-order valence-corrected chi connectivity index (χ0v) is 21.9. The molecule has 1 aromatic heterocycles. The monoisotopic (exact) mass is 545 g/mol. The summed E-state index contributed by atoms with van der Waals surface area (Å²) in [6.45, 7) is 4.13. The molecule has 3 amide bonds. The number of hydrogen-bond acceptors (Lipinski definition) is 5. The Hall–Kier alpha value is -4.77. The van der Waals surface area contributed by atoms with Crippen LogP contribution in [0.3, 0.4) is 0 Å². The lowest BCUT2D eigenvalue weighted by molar-refractivity contribution is 0.102. The highest BCUT2D eigenvalue weighted by Gasteiger charge is 2.15. The molecule has 3 aromatic carbocycles. The number of likely N-dealkylation sites (N-methyl/N-ethyl adjacent to an activating group) is 1. The van der Waals surface area contributed by atoms with Gasteiger partial charge >= 0.3 is 6.03 Å². The van der Waals surface area contributed by atoms with Crippen LogP contribution in [-0.4, -0.2) is 60.3 Å². The van der Waals surface area contributed by atoms with Gasteiger partial charge in [-0.05, 0) is 49.0 Å². The van der Waals surface area contributed by atoms with E-state index in [4.69, 9.17) is 0 Å². The van der Waals surface area contributed by atoms with Crippen molar-refractivity contribution in [2.24, 2.45) is 0 Å². The molecular weight excluding hydrogens is 516 g/mol. The third-order valence-corrected chi connectivity index (χ3v) is 6.70. The number of piperazine rings is 1. The first-order valence-corrected chi connectivity index (χ1v) is 12.8. The van der Waals surface area contributed by atoms with Crippen LogP contribution in [0.4, 0.5) is 30.8 Å². The number of nitrogens with one attached hydrogen (secondary N) is 4. The molecule has 206 valence electrons. The second kappa shape index (κ2) is 12.0. The predicted molar refractivity (Wildman–Crippen MR) is 150 cm³/mol. The molecule has 0 aliphatic carbocycles. The SMILES string of the molecule is CN1CCN(c2ccc(C(=O)Nc3cc(-c4ccc(CNC(=O)Nc5cc(F)ccc5F)cc4)n[nH]3)cc2)CC1. The van der Waals surface area contributed by atoms with Crippen LogP contribution in [0.1, 0.15) is 15.9 Å². The normalized spacial score (nSPS) is 13.6. The van der Waals surface area contributed by atoms with E-state index in [9.17, 15) is 18.4 Å². The first kappa shape index (κ1) is 26.8. The molecule has 0 atom stereocenters. The first-order valence-electron chi connectivity index (χ1n) is 12.8. The lowest BCUT2D eigenvalue weighted by Gasteiger charge is -2.34. The van der Waals surface area contributed by atoms with Crippen LogP contribution < -0.4 is 20.9 Å². The van der Waals surface area contributed by atoms with Crippen LogP contribution in [0.5, 0.6) is 0 Å². The molecule has 1 aliphatic rings. The van der Waals surface area contributed by atoms with E-state index < -0.39 is 17.7 Å². The summed E-state index contributed by atoms with van der Waals surface area (Å²) in [5.74, 6) is -1.15. The summed E-state index contributed by atoms with van der Waals surface area (Å²) in [6.07, 6.45) is 0. The number of anilines is 3. The van der Waals surface area contributed by atoms with Crippen molar-refractivity contribution in [2.45, 2.75) is 6.54 Å². The number of urea groups is 1. The van der Waals surface area contributed by atoms with Crippen molar-refractivity contribution < 1.29 is 18.4 Å². The molecule has 4 N–H and O–H groups in total. The van der Waals surface area contributed by atoms with E-state index in [1.165, 1.54) is 0 Å². The fourth-order valence-electron chi connectivity index (χ4n) is 4.35. The van der Waals surface area contributed by atoms with Crippen molar-refractivity contribution in [3.05, 3.63) is 95.6 Å². The van der Waals surface area contributed by atoms with Crippen LogP contribution in [0, 0.1) is 11.6 Å². The van der Waals surface area contributed by atoms with E-state index in [2.05, 4.69) is 43.0 Å². The Bertz CT molecular complexity index is 1480. The number of aromatic nitrogens is 2. The fourth-order valence-corrected chi connectivity index (χ4v) is 4.35. The largest absolute Gasteiger partial charge is 0.369 e. The van der Waals surface area contributed by atoms with Crippen LogP contribution in [0.2, 0.25) is 0 Å². The molecule has 11 heteroatoms. The van der Waals surface area contributed by atoms with Crippen LogP contribution >= 0.6 is 0 Å². The van der Waals surface area contributed by atoms with E-state index in [0.29, 0.717) is 17.1 Å². The molecule has 0 radical (unpaired) electrons. The lowest BCUT2D eigenvalue weighted by Crippen LogP contribution is -2.44. The summed E-state index contributed by atoms with van der Waals surface area (Å²) >= 11 is 0. The number of carbonyl (C=O) groups is 2. The molecule has 4 aromatic rings. The maximum atomic E-state index is 13.7. The summed E-state index contributed by atoms with van der Waals surface area (Å²) in [5, 5.41) is 14.9. The van der Waals surface area contributed by atoms with Crippen molar-refractivity contribution in [3.63, 3.8) is 0 Å². The minimum absolute atomic E-state index is 0.179. The van der Waals surface area contributed by atoms with Gasteiger partial charge in [-0.1, -0.05) is 24.3 Å². The zero-order valence-electron chi connectivity index (χ0n) is 21.9. The number of halogens is 2. The van der Waals surface area contributed by atoms with Gasteiger partial charge < -0.3 is 25.8 Å². The Morgan fingerprint density at radius 2 is 1.62 bits per heavy atom. The second-order valence-corrected chi connectivity index (χ2v) is 9.59. The van der Waals surface area contributed by atoms with Gasteiger partial charge in [0.1, 0.15) is 17.5 Å². The van der Waals surface area contributed by atoms with Crippen molar-refractivity contribution in [2.75, 3.05) is 48.8 Å². The molecule has 2 heterocycles. The molecule has 0 saturated carbocycles. The number of amides is 3. The third-order valence-electron chi connectivity index (χ3n) is 6.70. The highest BCUT2D eigenvalue weighted by Crippen LogP contribution is 2.22. The summed E-state index contributed by atoms with van der Waals surface area (Å²) in [7, 11) is 2.12. The molecule has 40 heavy (non-hydrogen) atoms. The number of nitrogens with zero attached hydrogens (tertiary/aromatic N) is 3.